The van der Waals surface area contributed by atoms with E-state index < -0.39 is 17.8 Å². The lowest BCUT2D eigenvalue weighted by Crippen LogP contribution is -2.36. The van der Waals surface area contributed by atoms with Crippen molar-refractivity contribution in [3.63, 3.8) is 0 Å². The highest BCUT2D eigenvalue weighted by atomic mass is 16.5. The molecule has 192 valence electrons. The summed E-state index contributed by atoms with van der Waals surface area (Å²) in [6.07, 6.45) is 13.4. The Hall–Kier alpha value is -1.20. The Bertz CT molecular complexity index is 788. The summed E-state index contributed by atoms with van der Waals surface area (Å²) in [6, 6.07) is 0. The Morgan fingerprint density at radius 2 is 1.88 bits per heavy atom. The van der Waals surface area contributed by atoms with Crippen molar-refractivity contribution in [1.29, 1.82) is 0 Å². The molecule has 3 fully saturated rings. The van der Waals surface area contributed by atoms with Gasteiger partial charge in [-0.25, -0.2) is 0 Å². The Balaban J connectivity index is 1.65. The molecule has 4 nitrogen and oxygen atoms in total. The van der Waals surface area contributed by atoms with Crippen molar-refractivity contribution in [2.75, 3.05) is 13.2 Å². The van der Waals surface area contributed by atoms with E-state index in [9.17, 15) is 15.3 Å². The van der Waals surface area contributed by atoms with Gasteiger partial charge in [0.2, 0.25) is 0 Å². The smallest absolute Gasteiger partial charge is 0.0880 e. The Labute approximate surface area is 207 Å². The van der Waals surface area contributed by atoms with Crippen LogP contribution in [0.25, 0.3) is 0 Å². The van der Waals surface area contributed by atoms with Gasteiger partial charge in [-0.05, 0) is 85.3 Å². The molecule has 4 heteroatoms. The average Bonchev–Trinajstić information content (AvgIpc) is 3.13. The lowest BCUT2D eigenvalue weighted by molar-refractivity contribution is -0.0547. The molecule has 34 heavy (non-hydrogen) atoms. The number of ether oxygens (including phenoxy) is 1. The molecule has 3 N–H and O–H groups in total. The normalized spacial score (nSPS) is 34.6. The lowest BCUT2D eigenvalue weighted by Gasteiger charge is -2.43. The lowest BCUT2D eigenvalue weighted by atomic mass is 9.62. The third-order valence-corrected chi connectivity index (χ3v) is 8.81. The maximum Gasteiger partial charge on any atom is 0.0880 e. The topological polar surface area (TPSA) is 69.9 Å². The Morgan fingerprint density at radius 3 is 2.56 bits per heavy atom. The third kappa shape index (κ3) is 6.13. The van der Waals surface area contributed by atoms with Crippen LogP contribution in [-0.2, 0) is 4.74 Å². The van der Waals surface area contributed by atoms with Gasteiger partial charge in [-0.2, -0.15) is 0 Å². The first kappa shape index (κ1) is 27.4. The summed E-state index contributed by atoms with van der Waals surface area (Å²) >= 11 is 0. The van der Waals surface area contributed by atoms with Crippen LogP contribution in [0.2, 0.25) is 0 Å². The molecule has 0 bridgehead atoms. The molecule has 0 saturated heterocycles. The molecule has 0 heterocycles. The summed E-state index contributed by atoms with van der Waals surface area (Å²) in [6.45, 7) is 16.1. The van der Waals surface area contributed by atoms with Crippen molar-refractivity contribution in [2.45, 2.75) is 109 Å². The maximum absolute atomic E-state index is 10.9. The van der Waals surface area contributed by atoms with Crippen LogP contribution in [0.3, 0.4) is 0 Å². The molecule has 5 atom stereocenters. The van der Waals surface area contributed by atoms with E-state index in [1.807, 2.05) is 0 Å². The summed E-state index contributed by atoms with van der Waals surface area (Å²) in [5.74, 6) is 0.969. The molecular formula is C30H48O4. The van der Waals surface area contributed by atoms with Crippen molar-refractivity contribution in [1.82, 2.24) is 0 Å². The van der Waals surface area contributed by atoms with Gasteiger partial charge in [0.1, 0.15) is 0 Å². The molecule has 0 unspecified atom stereocenters. The quantitative estimate of drug-likeness (QED) is 0.340. The first-order valence-corrected chi connectivity index (χ1v) is 13.6. The van der Waals surface area contributed by atoms with Crippen LogP contribution in [-0.4, -0.2) is 46.3 Å². The molecule has 0 amide bonds. The predicted molar refractivity (Wildman–Crippen MR) is 139 cm³/mol. The SMILES string of the molecule is C=C(COCC(O)(CCC)CCC)[C@H]1CC[C@H]2/C(=C/C=C3/C[C@@H](O)C[C@H](O)C3=C)CCC[C@]12C. The number of rotatable bonds is 10. The molecular weight excluding hydrogens is 424 g/mol. The summed E-state index contributed by atoms with van der Waals surface area (Å²) in [5.41, 5.74) is 3.86. The van der Waals surface area contributed by atoms with Gasteiger partial charge in [-0.1, -0.05) is 64.5 Å². The monoisotopic (exact) mass is 472 g/mol. The van der Waals surface area contributed by atoms with Gasteiger partial charge in [0.15, 0.2) is 0 Å². The van der Waals surface area contributed by atoms with Gasteiger partial charge < -0.3 is 20.1 Å². The number of hydrogen-bond acceptors (Lipinski definition) is 4. The van der Waals surface area contributed by atoms with E-state index in [-0.39, 0.29) is 5.41 Å². The first-order chi connectivity index (χ1) is 16.1. The molecule has 0 aliphatic heterocycles. The van der Waals surface area contributed by atoms with E-state index in [4.69, 9.17) is 4.74 Å². The van der Waals surface area contributed by atoms with Gasteiger partial charge in [0.05, 0.1) is 31.0 Å². The fourth-order valence-electron chi connectivity index (χ4n) is 7.05. The summed E-state index contributed by atoms with van der Waals surface area (Å²) < 4.78 is 6.06. The van der Waals surface area contributed by atoms with Crippen LogP contribution >= 0.6 is 0 Å². The van der Waals surface area contributed by atoms with Gasteiger partial charge in [0.25, 0.3) is 0 Å². The third-order valence-electron chi connectivity index (χ3n) is 8.81. The molecule has 0 radical (unpaired) electrons. The molecule has 3 aliphatic rings. The van der Waals surface area contributed by atoms with E-state index in [0.717, 1.165) is 56.1 Å². The largest absolute Gasteiger partial charge is 0.393 e. The zero-order valence-corrected chi connectivity index (χ0v) is 21.8. The first-order valence-electron chi connectivity index (χ1n) is 13.6. The highest BCUT2D eigenvalue weighted by Crippen LogP contribution is 2.59. The fraction of sp³-hybridized carbons (Fsp3) is 0.733. The zero-order chi connectivity index (χ0) is 24.9. The molecule has 0 spiro atoms. The molecule has 3 rings (SSSR count). The molecule has 0 aromatic rings. The molecule has 0 aromatic carbocycles. The zero-order valence-electron chi connectivity index (χ0n) is 21.8. The minimum atomic E-state index is -0.718. The molecule has 0 aromatic heterocycles. The fourth-order valence-corrected chi connectivity index (χ4v) is 7.05. The van der Waals surface area contributed by atoms with Crippen molar-refractivity contribution < 1.29 is 20.1 Å². The van der Waals surface area contributed by atoms with E-state index in [1.165, 1.54) is 24.0 Å². The maximum atomic E-state index is 10.9. The van der Waals surface area contributed by atoms with Crippen molar-refractivity contribution in [3.05, 3.63) is 47.6 Å². The summed E-state index contributed by atoms with van der Waals surface area (Å²) in [4.78, 5) is 0. The summed E-state index contributed by atoms with van der Waals surface area (Å²) in [5, 5.41) is 31.1. The van der Waals surface area contributed by atoms with Crippen molar-refractivity contribution in [2.24, 2.45) is 17.3 Å². The number of hydrogen-bond donors (Lipinski definition) is 3. The second-order valence-electron chi connectivity index (χ2n) is 11.5. The van der Waals surface area contributed by atoms with Crippen LogP contribution < -0.4 is 0 Å². The van der Waals surface area contributed by atoms with E-state index in [1.54, 1.807) is 0 Å². The van der Waals surface area contributed by atoms with Crippen LogP contribution in [0.15, 0.2) is 47.6 Å². The van der Waals surface area contributed by atoms with E-state index in [0.29, 0.717) is 37.9 Å². The summed E-state index contributed by atoms with van der Waals surface area (Å²) in [7, 11) is 0. The highest BCUT2D eigenvalue weighted by molar-refractivity contribution is 5.39. The van der Waals surface area contributed by atoms with Gasteiger partial charge in [-0.3, -0.25) is 0 Å². The van der Waals surface area contributed by atoms with E-state index in [2.05, 4.69) is 46.1 Å². The van der Waals surface area contributed by atoms with Crippen LogP contribution in [0.1, 0.15) is 91.4 Å². The van der Waals surface area contributed by atoms with Gasteiger partial charge in [0, 0.05) is 6.42 Å². The standard InChI is InChI=1S/C30H48O4/c1-6-14-30(33,15-7-2)20-34-19-21(3)26-12-13-27-23(9-8-16-29(26,27)5)10-11-24-17-25(31)18-28(32)22(24)4/h10-11,25-28,31-33H,3-4,6-9,12-20H2,1-2,5H3/b23-10+,24-11-/t25-,26-,27+,28+,29-/m1/s1. The minimum absolute atomic E-state index is 0.189. The number of allylic oxidation sites excluding steroid dienone is 3. The number of aliphatic hydroxyl groups excluding tert-OH is 2. The second-order valence-corrected chi connectivity index (χ2v) is 11.5. The van der Waals surface area contributed by atoms with Crippen LogP contribution in [0, 0.1) is 17.3 Å². The molecule has 3 saturated carbocycles. The second kappa shape index (κ2) is 11.7. The average molecular weight is 473 g/mol. The van der Waals surface area contributed by atoms with Gasteiger partial charge in [-0.15, -0.1) is 0 Å². The Kier molecular flexibility index (Phi) is 9.42. The highest BCUT2D eigenvalue weighted by Gasteiger charge is 2.49. The van der Waals surface area contributed by atoms with Crippen LogP contribution in [0.5, 0.6) is 0 Å². The van der Waals surface area contributed by atoms with Crippen molar-refractivity contribution in [3.8, 4) is 0 Å². The minimum Gasteiger partial charge on any atom is -0.393 e. The Morgan fingerprint density at radius 1 is 1.18 bits per heavy atom. The molecule has 3 aliphatic carbocycles. The number of fused-ring (bicyclic) bond motifs is 1. The van der Waals surface area contributed by atoms with E-state index >= 15 is 0 Å². The van der Waals surface area contributed by atoms with Gasteiger partial charge >= 0.3 is 0 Å². The predicted octanol–water partition coefficient (Wildman–Crippen LogP) is 6.03. The van der Waals surface area contributed by atoms with Crippen LogP contribution in [0.4, 0.5) is 0 Å². The van der Waals surface area contributed by atoms with Crippen molar-refractivity contribution >= 4 is 0 Å². The number of aliphatic hydroxyl groups is 3.